The molecule has 88 valence electrons. The van der Waals surface area contributed by atoms with Gasteiger partial charge in [-0.3, -0.25) is 0 Å². The third-order valence-corrected chi connectivity index (χ3v) is 3.69. The van der Waals surface area contributed by atoms with Crippen molar-refractivity contribution in [1.29, 1.82) is 0 Å². The molecule has 0 radical (unpaired) electrons. The lowest BCUT2D eigenvalue weighted by Gasteiger charge is -2.13. The largest absolute Gasteiger partial charge is 0.507 e. The second-order valence-corrected chi connectivity index (χ2v) is 5.60. The van der Waals surface area contributed by atoms with E-state index in [-0.39, 0.29) is 0 Å². The number of phenols is 1. The Balaban J connectivity index is 1.81. The van der Waals surface area contributed by atoms with E-state index >= 15 is 0 Å². The van der Waals surface area contributed by atoms with Crippen molar-refractivity contribution in [3.63, 3.8) is 0 Å². The van der Waals surface area contributed by atoms with Crippen LogP contribution in [0.15, 0.2) is 22.7 Å². The first-order valence-electron chi connectivity index (χ1n) is 5.86. The third kappa shape index (κ3) is 3.49. The van der Waals surface area contributed by atoms with Gasteiger partial charge >= 0.3 is 0 Å². The molecule has 0 heterocycles. The zero-order valence-corrected chi connectivity index (χ0v) is 11.1. The van der Waals surface area contributed by atoms with Crippen LogP contribution in [0.3, 0.4) is 0 Å². The molecule has 1 aromatic carbocycles. The molecular weight excluding hydrogens is 266 g/mol. The van der Waals surface area contributed by atoms with Crippen LogP contribution in [-0.2, 0) is 6.54 Å². The average molecular weight is 284 g/mol. The third-order valence-electron chi connectivity index (χ3n) is 3.05. The molecule has 2 N–H and O–H groups in total. The van der Waals surface area contributed by atoms with Crippen LogP contribution in [0.4, 0.5) is 0 Å². The monoisotopic (exact) mass is 283 g/mol. The summed E-state index contributed by atoms with van der Waals surface area (Å²) in [7, 11) is 0. The topological polar surface area (TPSA) is 32.3 Å². The molecule has 0 bridgehead atoms. The van der Waals surface area contributed by atoms with Crippen molar-refractivity contribution >= 4 is 15.9 Å². The van der Waals surface area contributed by atoms with Crippen LogP contribution in [0, 0.1) is 5.92 Å². The van der Waals surface area contributed by atoms with E-state index in [2.05, 4.69) is 28.2 Å². The molecule has 2 rings (SSSR count). The fraction of sp³-hybridized carbons (Fsp3) is 0.538. The zero-order chi connectivity index (χ0) is 11.5. The first kappa shape index (κ1) is 11.9. The maximum atomic E-state index is 9.38. The number of benzene rings is 1. The van der Waals surface area contributed by atoms with Gasteiger partial charge in [0.05, 0.1) is 4.47 Å². The molecule has 0 saturated heterocycles. The number of hydrogen-bond donors (Lipinski definition) is 2. The summed E-state index contributed by atoms with van der Waals surface area (Å²) in [6, 6.07) is 6.23. The number of nitrogens with one attached hydrogen (secondary N) is 1. The van der Waals surface area contributed by atoms with Crippen LogP contribution in [0.5, 0.6) is 5.75 Å². The highest BCUT2D eigenvalue weighted by atomic mass is 79.9. The molecule has 1 saturated carbocycles. The Morgan fingerprint density at radius 2 is 2.25 bits per heavy atom. The highest BCUT2D eigenvalue weighted by molar-refractivity contribution is 9.10. The zero-order valence-electron chi connectivity index (χ0n) is 9.54. The Morgan fingerprint density at radius 3 is 2.88 bits per heavy atom. The van der Waals surface area contributed by atoms with E-state index in [0.717, 1.165) is 16.9 Å². The Labute approximate surface area is 105 Å². The molecule has 1 fully saturated rings. The average Bonchev–Trinajstić information content (AvgIpc) is 3.04. The summed E-state index contributed by atoms with van der Waals surface area (Å²) in [5.74, 6) is 1.27. The van der Waals surface area contributed by atoms with Gasteiger partial charge in [0.2, 0.25) is 0 Å². The van der Waals surface area contributed by atoms with Crippen molar-refractivity contribution in [2.45, 2.75) is 38.8 Å². The standard InChI is InChI=1S/C13H18BrNO/c1-9(6-10-2-3-10)15-8-11-4-5-13(16)12(14)7-11/h4-5,7,9-10,15-16H,2-3,6,8H2,1H3. The van der Waals surface area contributed by atoms with Crippen LogP contribution >= 0.6 is 15.9 Å². The second kappa shape index (κ2) is 5.19. The SMILES string of the molecule is CC(CC1CC1)NCc1ccc(O)c(Br)c1. The van der Waals surface area contributed by atoms with E-state index < -0.39 is 0 Å². The molecule has 1 aliphatic carbocycles. The van der Waals surface area contributed by atoms with Crippen molar-refractivity contribution in [1.82, 2.24) is 5.32 Å². The molecule has 0 aromatic heterocycles. The molecule has 3 heteroatoms. The van der Waals surface area contributed by atoms with E-state index in [4.69, 9.17) is 0 Å². The number of hydrogen-bond acceptors (Lipinski definition) is 2. The molecule has 1 atom stereocenters. The van der Waals surface area contributed by atoms with E-state index in [1.54, 1.807) is 6.07 Å². The van der Waals surface area contributed by atoms with Crippen LogP contribution in [0.2, 0.25) is 0 Å². The summed E-state index contributed by atoms with van der Waals surface area (Å²) < 4.78 is 0.765. The second-order valence-electron chi connectivity index (χ2n) is 4.75. The fourth-order valence-electron chi connectivity index (χ4n) is 1.89. The molecule has 1 aliphatic rings. The van der Waals surface area contributed by atoms with Gasteiger partial charge in [0.15, 0.2) is 0 Å². The molecule has 1 unspecified atom stereocenters. The number of halogens is 1. The number of rotatable bonds is 5. The molecular formula is C13H18BrNO. The van der Waals surface area contributed by atoms with E-state index in [0.29, 0.717) is 11.8 Å². The highest BCUT2D eigenvalue weighted by Crippen LogP contribution is 2.33. The van der Waals surface area contributed by atoms with Crippen LogP contribution < -0.4 is 5.32 Å². The summed E-state index contributed by atoms with van der Waals surface area (Å²) >= 11 is 3.33. The fourth-order valence-corrected chi connectivity index (χ4v) is 2.32. The van der Waals surface area contributed by atoms with Gasteiger partial charge in [0, 0.05) is 12.6 Å². The molecule has 0 amide bonds. The molecule has 2 nitrogen and oxygen atoms in total. The van der Waals surface area contributed by atoms with Crippen molar-refractivity contribution in [2.24, 2.45) is 5.92 Å². The van der Waals surface area contributed by atoms with Gasteiger partial charge in [-0.1, -0.05) is 18.9 Å². The van der Waals surface area contributed by atoms with Crippen molar-refractivity contribution in [3.05, 3.63) is 28.2 Å². The van der Waals surface area contributed by atoms with Gasteiger partial charge in [-0.25, -0.2) is 0 Å². The van der Waals surface area contributed by atoms with Crippen LogP contribution in [0.25, 0.3) is 0 Å². The maximum absolute atomic E-state index is 9.38. The van der Waals surface area contributed by atoms with Crippen molar-refractivity contribution < 1.29 is 5.11 Å². The smallest absolute Gasteiger partial charge is 0.129 e. The number of phenolic OH excluding ortho intramolecular Hbond substituents is 1. The lowest BCUT2D eigenvalue weighted by Crippen LogP contribution is -2.25. The summed E-state index contributed by atoms with van der Waals surface area (Å²) in [5, 5.41) is 12.9. The maximum Gasteiger partial charge on any atom is 0.129 e. The molecule has 16 heavy (non-hydrogen) atoms. The van der Waals surface area contributed by atoms with Gasteiger partial charge in [-0.2, -0.15) is 0 Å². The van der Waals surface area contributed by atoms with Gasteiger partial charge < -0.3 is 10.4 Å². The van der Waals surface area contributed by atoms with Gasteiger partial charge in [0.1, 0.15) is 5.75 Å². The predicted octanol–water partition coefficient (Wildman–Crippen LogP) is 3.43. The van der Waals surface area contributed by atoms with Crippen LogP contribution in [-0.4, -0.2) is 11.1 Å². The minimum Gasteiger partial charge on any atom is -0.507 e. The quantitative estimate of drug-likeness (QED) is 0.868. The summed E-state index contributed by atoms with van der Waals surface area (Å²) in [4.78, 5) is 0. The van der Waals surface area contributed by atoms with E-state index in [9.17, 15) is 5.11 Å². The minimum absolute atomic E-state index is 0.301. The molecule has 0 spiro atoms. The van der Waals surface area contributed by atoms with Crippen molar-refractivity contribution in [3.8, 4) is 5.75 Å². The van der Waals surface area contributed by atoms with E-state index in [1.807, 2.05) is 12.1 Å². The normalized spacial score (nSPS) is 17.4. The summed E-state index contributed by atoms with van der Waals surface area (Å²) in [5.41, 5.74) is 1.20. The van der Waals surface area contributed by atoms with Gasteiger partial charge in [-0.15, -0.1) is 0 Å². The van der Waals surface area contributed by atoms with Crippen LogP contribution in [0.1, 0.15) is 31.7 Å². The first-order valence-corrected chi connectivity index (χ1v) is 6.65. The Morgan fingerprint density at radius 1 is 1.50 bits per heavy atom. The molecule has 1 aromatic rings. The lowest BCUT2D eigenvalue weighted by molar-refractivity contribution is 0.470. The van der Waals surface area contributed by atoms with Gasteiger partial charge in [-0.05, 0) is 52.9 Å². The van der Waals surface area contributed by atoms with E-state index in [1.165, 1.54) is 24.8 Å². The Hall–Kier alpha value is -0.540. The predicted molar refractivity (Wildman–Crippen MR) is 69.4 cm³/mol. The minimum atomic E-state index is 0.301. The summed E-state index contributed by atoms with van der Waals surface area (Å²) in [6.07, 6.45) is 4.12. The summed E-state index contributed by atoms with van der Waals surface area (Å²) in [6.45, 7) is 3.11. The van der Waals surface area contributed by atoms with Crippen molar-refractivity contribution in [2.75, 3.05) is 0 Å². The molecule has 0 aliphatic heterocycles. The highest BCUT2D eigenvalue weighted by Gasteiger charge is 2.23. The number of aromatic hydroxyl groups is 1. The Bertz CT molecular complexity index is 363. The lowest BCUT2D eigenvalue weighted by atomic mass is 10.1. The Kier molecular flexibility index (Phi) is 3.87. The van der Waals surface area contributed by atoms with Gasteiger partial charge in [0.25, 0.3) is 0 Å². The first-order chi connectivity index (χ1) is 7.65.